The van der Waals surface area contributed by atoms with Crippen molar-refractivity contribution in [2.24, 2.45) is 0 Å². The summed E-state index contributed by atoms with van der Waals surface area (Å²) < 4.78 is 5.21. The molecule has 0 bridgehead atoms. The summed E-state index contributed by atoms with van der Waals surface area (Å²) >= 11 is 1.22. The molecule has 0 atom stereocenters. The number of ether oxygens (including phenoxy) is 1. The second-order valence-corrected chi connectivity index (χ2v) is 7.35. The maximum Gasteiger partial charge on any atom is 0.341 e. The standard InChI is InChI=1S/C24H20N2O3S/c1-3-29-24(28)21-20(18-11-9-16(2)10-12-18)15-30-23(21)26-22(27)19(14-25)13-17-7-5-4-6-8-17/h4-13,15H,3H2,1-2H3,(H,26,27). The number of hydrogen-bond donors (Lipinski definition) is 1. The molecule has 0 saturated heterocycles. The summed E-state index contributed by atoms with van der Waals surface area (Å²) in [5.74, 6) is -1.10. The number of carbonyl (C=O) groups excluding carboxylic acids is 2. The first-order chi connectivity index (χ1) is 14.5. The minimum Gasteiger partial charge on any atom is -0.462 e. The van der Waals surface area contributed by atoms with E-state index in [9.17, 15) is 14.9 Å². The van der Waals surface area contributed by atoms with E-state index in [1.54, 1.807) is 24.4 Å². The third-order valence-electron chi connectivity index (χ3n) is 4.34. The van der Waals surface area contributed by atoms with Gasteiger partial charge in [-0.3, -0.25) is 4.79 Å². The van der Waals surface area contributed by atoms with Crippen LogP contribution in [0.1, 0.15) is 28.4 Å². The molecule has 30 heavy (non-hydrogen) atoms. The number of thiophene rings is 1. The molecule has 0 aliphatic heterocycles. The van der Waals surface area contributed by atoms with Crippen LogP contribution in [0.2, 0.25) is 0 Å². The molecular formula is C24H20N2O3S. The van der Waals surface area contributed by atoms with Crippen LogP contribution in [-0.4, -0.2) is 18.5 Å². The van der Waals surface area contributed by atoms with Gasteiger partial charge in [-0.2, -0.15) is 5.26 Å². The SMILES string of the molecule is CCOC(=O)c1c(-c2ccc(C)cc2)csc1NC(=O)C(C#N)=Cc1ccccc1. The Kier molecular flexibility index (Phi) is 6.79. The Bertz CT molecular complexity index is 1120. The van der Waals surface area contributed by atoms with Crippen molar-refractivity contribution < 1.29 is 14.3 Å². The van der Waals surface area contributed by atoms with Crippen LogP contribution in [0, 0.1) is 18.3 Å². The highest BCUT2D eigenvalue weighted by Crippen LogP contribution is 2.36. The molecule has 1 N–H and O–H groups in total. The van der Waals surface area contributed by atoms with Crippen LogP contribution >= 0.6 is 11.3 Å². The van der Waals surface area contributed by atoms with Gasteiger partial charge in [-0.15, -0.1) is 11.3 Å². The molecule has 1 heterocycles. The molecule has 0 radical (unpaired) electrons. The Morgan fingerprint density at radius 1 is 1.13 bits per heavy atom. The van der Waals surface area contributed by atoms with Gasteiger partial charge in [0.05, 0.1) is 6.61 Å². The maximum atomic E-state index is 12.7. The summed E-state index contributed by atoms with van der Waals surface area (Å²) in [5.41, 5.74) is 3.60. The molecule has 5 nitrogen and oxygen atoms in total. The van der Waals surface area contributed by atoms with Gasteiger partial charge in [-0.25, -0.2) is 4.79 Å². The number of carbonyl (C=O) groups is 2. The van der Waals surface area contributed by atoms with Crippen LogP contribution in [-0.2, 0) is 9.53 Å². The van der Waals surface area contributed by atoms with Crippen molar-refractivity contribution in [2.75, 3.05) is 11.9 Å². The van der Waals surface area contributed by atoms with E-state index in [1.165, 1.54) is 17.4 Å². The zero-order valence-electron chi connectivity index (χ0n) is 16.6. The van der Waals surface area contributed by atoms with Crippen molar-refractivity contribution in [3.63, 3.8) is 0 Å². The average Bonchev–Trinajstić information content (AvgIpc) is 3.17. The number of amides is 1. The molecule has 3 rings (SSSR count). The number of esters is 1. The second kappa shape index (κ2) is 9.68. The Hall–Kier alpha value is -3.69. The largest absolute Gasteiger partial charge is 0.462 e. The molecule has 1 aromatic heterocycles. The summed E-state index contributed by atoms with van der Waals surface area (Å²) in [5, 5.41) is 14.3. The predicted molar refractivity (Wildman–Crippen MR) is 119 cm³/mol. The molecule has 1 amide bonds. The summed E-state index contributed by atoms with van der Waals surface area (Å²) in [4.78, 5) is 25.4. The normalized spacial score (nSPS) is 10.9. The minimum atomic E-state index is -0.579. The fourth-order valence-corrected chi connectivity index (χ4v) is 3.79. The van der Waals surface area contributed by atoms with Crippen LogP contribution in [0.15, 0.2) is 65.6 Å². The summed E-state index contributed by atoms with van der Waals surface area (Å²) in [6.45, 7) is 3.93. The third-order valence-corrected chi connectivity index (χ3v) is 5.23. The minimum absolute atomic E-state index is 0.0544. The van der Waals surface area contributed by atoms with Crippen LogP contribution in [0.5, 0.6) is 0 Å². The number of rotatable bonds is 6. The van der Waals surface area contributed by atoms with E-state index in [0.29, 0.717) is 10.6 Å². The number of nitrogens with zero attached hydrogens (tertiary/aromatic N) is 1. The van der Waals surface area contributed by atoms with Crippen molar-refractivity contribution in [3.05, 3.63) is 82.2 Å². The quantitative estimate of drug-likeness (QED) is 0.329. The topological polar surface area (TPSA) is 79.2 Å². The lowest BCUT2D eigenvalue weighted by atomic mass is 10.0. The highest BCUT2D eigenvalue weighted by molar-refractivity contribution is 7.15. The fraction of sp³-hybridized carbons (Fsp3) is 0.125. The molecule has 0 fully saturated rings. The van der Waals surface area contributed by atoms with E-state index in [0.717, 1.165) is 16.7 Å². The number of nitrogens with one attached hydrogen (secondary N) is 1. The van der Waals surface area contributed by atoms with Crippen molar-refractivity contribution in [1.82, 2.24) is 0 Å². The first kappa shape index (κ1) is 21.0. The number of nitriles is 1. The van der Waals surface area contributed by atoms with E-state index in [4.69, 9.17) is 4.74 Å². The summed E-state index contributed by atoms with van der Waals surface area (Å²) in [6.07, 6.45) is 1.51. The van der Waals surface area contributed by atoms with Crippen LogP contribution in [0.3, 0.4) is 0 Å². The van der Waals surface area contributed by atoms with E-state index in [2.05, 4.69) is 5.32 Å². The lowest BCUT2D eigenvalue weighted by molar-refractivity contribution is -0.112. The van der Waals surface area contributed by atoms with Gasteiger partial charge in [0, 0.05) is 10.9 Å². The molecule has 6 heteroatoms. The number of benzene rings is 2. The average molecular weight is 417 g/mol. The Labute approximate surface area is 179 Å². The van der Waals surface area contributed by atoms with E-state index in [-0.39, 0.29) is 17.7 Å². The lowest BCUT2D eigenvalue weighted by Gasteiger charge is -2.09. The van der Waals surface area contributed by atoms with Crippen molar-refractivity contribution >= 4 is 34.3 Å². The zero-order chi connectivity index (χ0) is 21.5. The van der Waals surface area contributed by atoms with Crippen molar-refractivity contribution in [3.8, 4) is 17.2 Å². The van der Waals surface area contributed by atoms with Gasteiger partial charge in [-0.1, -0.05) is 60.2 Å². The van der Waals surface area contributed by atoms with Crippen molar-refractivity contribution in [1.29, 1.82) is 5.26 Å². The van der Waals surface area contributed by atoms with Crippen LogP contribution < -0.4 is 5.32 Å². The van der Waals surface area contributed by atoms with E-state index in [1.807, 2.05) is 55.5 Å². The smallest absolute Gasteiger partial charge is 0.341 e. The highest BCUT2D eigenvalue weighted by Gasteiger charge is 2.23. The fourth-order valence-electron chi connectivity index (χ4n) is 2.84. The lowest BCUT2D eigenvalue weighted by Crippen LogP contribution is -2.16. The molecule has 0 aliphatic rings. The van der Waals surface area contributed by atoms with Crippen LogP contribution in [0.25, 0.3) is 17.2 Å². The molecule has 2 aromatic carbocycles. The molecule has 0 unspecified atom stereocenters. The van der Waals surface area contributed by atoms with Gasteiger partial charge >= 0.3 is 5.97 Å². The number of aryl methyl sites for hydroxylation is 1. The first-order valence-electron chi connectivity index (χ1n) is 9.37. The Balaban J connectivity index is 1.96. The van der Waals surface area contributed by atoms with E-state index >= 15 is 0 Å². The number of anilines is 1. The van der Waals surface area contributed by atoms with E-state index < -0.39 is 11.9 Å². The second-order valence-electron chi connectivity index (χ2n) is 6.47. The number of hydrogen-bond acceptors (Lipinski definition) is 5. The zero-order valence-corrected chi connectivity index (χ0v) is 17.5. The predicted octanol–water partition coefficient (Wildman–Crippen LogP) is 5.45. The van der Waals surface area contributed by atoms with Crippen molar-refractivity contribution in [2.45, 2.75) is 13.8 Å². The molecular weight excluding hydrogens is 396 g/mol. The molecule has 0 aliphatic carbocycles. The van der Waals surface area contributed by atoms with Gasteiger partial charge in [0.25, 0.3) is 5.91 Å². The first-order valence-corrected chi connectivity index (χ1v) is 10.2. The Morgan fingerprint density at radius 2 is 1.83 bits per heavy atom. The van der Waals surface area contributed by atoms with Gasteiger partial charge in [0.2, 0.25) is 0 Å². The summed E-state index contributed by atoms with van der Waals surface area (Å²) in [6, 6.07) is 18.8. The van der Waals surface area contributed by atoms with Gasteiger partial charge in [0.15, 0.2) is 0 Å². The Morgan fingerprint density at radius 3 is 2.47 bits per heavy atom. The maximum absolute atomic E-state index is 12.7. The molecule has 0 saturated carbocycles. The van der Waals surface area contributed by atoms with Gasteiger partial charge < -0.3 is 10.1 Å². The molecule has 0 spiro atoms. The summed E-state index contributed by atoms with van der Waals surface area (Å²) in [7, 11) is 0. The van der Waals surface area contributed by atoms with Gasteiger partial charge in [-0.05, 0) is 31.1 Å². The monoisotopic (exact) mass is 416 g/mol. The third kappa shape index (κ3) is 4.83. The van der Waals surface area contributed by atoms with Crippen LogP contribution in [0.4, 0.5) is 5.00 Å². The van der Waals surface area contributed by atoms with Gasteiger partial charge in [0.1, 0.15) is 22.2 Å². The highest BCUT2D eigenvalue weighted by atomic mass is 32.1. The molecule has 3 aromatic rings. The molecule has 150 valence electrons.